The van der Waals surface area contributed by atoms with Crippen molar-refractivity contribution in [3.63, 3.8) is 0 Å². The second kappa shape index (κ2) is 4.80. The second-order valence-electron chi connectivity index (χ2n) is 4.53. The average Bonchev–Trinajstić information content (AvgIpc) is 2.30. The lowest BCUT2D eigenvalue weighted by atomic mass is 10.1. The predicted molar refractivity (Wildman–Crippen MR) is 66.5 cm³/mol. The molecule has 1 atom stereocenters. The van der Waals surface area contributed by atoms with Crippen molar-refractivity contribution in [3.8, 4) is 0 Å². The predicted octanol–water partition coefficient (Wildman–Crippen LogP) is 0.853. The minimum absolute atomic E-state index is 0.0780. The molecule has 4 heteroatoms. The highest BCUT2D eigenvalue weighted by Crippen LogP contribution is 2.17. The van der Waals surface area contributed by atoms with Crippen LogP contribution in [0.15, 0.2) is 18.3 Å². The lowest BCUT2D eigenvalue weighted by Gasteiger charge is -2.33. The number of nitrogens with two attached hydrogens (primary N) is 1. The highest BCUT2D eigenvalue weighted by Gasteiger charge is 2.15. The van der Waals surface area contributed by atoms with E-state index in [2.05, 4.69) is 27.9 Å². The summed E-state index contributed by atoms with van der Waals surface area (Å²) in [5.41, 5.74) is 7.04. The van der Waals surface area contributed by atoms with Gasteiger partial charge in [-0.1, -0.05) is 0 Å². The van der Waals surface area contributed by atoms with E-state index in [1.807, 2.05) is 19.2 Å². The highest BCUT2D eigenvalue weighted by molar-refractivity contribution is 5.42. The van der Waals surface area contributed by atoms with E-state index in [0.29, 0.717) is 0 Å². The van der Waals surface area contributed by atoms with Crippen LogP contribution in [0.1, 0.15) is 18.5 Å². The molecule has 2 heterocycles. The number of rotatable bonds is 2. The largest absolute Gasteiger partial charge is 0.354 e. The summed E-state index contributed by atoms with van der Waals surface area (Å²) in [4.78, 5) is 9.09. The molecule has 1 aliphatic rings. The van der Waals surface area contributed by atoms with Gasteiger partial charge in [-0.25, -0.2) is 4.98 Å². The molecule has 2 rings (SSSR count). The summed E-state index contributed by atoms with van der Waals surface area (Å²) in [5, 5.41) is 0. The van der Waals surface area contributed by atoms with Crippen LogP contribution < -0.4 is 10.6 Å². The summed E-state index contributed by atoms with van der Waals surface area (Å²) >= 11 is 0. The van der Waals surface area contributed by atoms with Crippen molar-refractivity contribution < 1.29 is 0 Å². The van der Waals surface area contributed by atoms with E-state index in [1.165, 1.54) is 0 Å². The average molecular weight is 220 g/mol. The smallest absolute Gasteiger partial charge is 0.128 e. The van der Waals surface area contributed by atoms with Crippen molar-refractivity contribution in [1.82, 2.24) is 9.88 Å². The highest BCUT2D eigenvalue weighted by atomic mass is 15.3. The summed E-state index contributed by atoms with van der Waals surface area (Å²) in [6.45, 7) is 6.30. The minimum Gasteiger partial charge on any atom is -0.354 e. The Morgan fingerprint density at radius 2 is 2.00 bits per heavy atom. The molecule has 16 heavy (non-hydrogen) atoms. The van der Waals surface area contributed by atoms with E-state index in [0.717, 1.165) is 37.6 Å². The van der Waals surface area contributed by atoms with Gasteiger partial charge in [-0.2, -0.15) is 0 Å². The molecule has 1 aromatic rings. The molecule has 0 radical (unpaired) electrons. The lowest BCUT2D eigenvalue weighted by molar-refractivity contribution is 0.312. The first-order chi connectivity index (χ1) is 7.66. The molecule has 4 nitrogen and oxygen atoms in total. The third kappa shape index (κ3) is 2.51. The van der Waals surface area contributed by atoms with Gasteiger partial charge in [-0.05, 0) is 31.7 Å². The first-order valence-corrected chi connectivity index (χ1v) is 5.82. The van der Waals surface area contributed by atoms with Crippen LogP contribution in [0.3, 0.4) is 0 Å². The van der Waals surface area contributed by atoms with Gasteiger partial charge in [0.25, 0.3) is 0 Å². The molecule has 0 aromatic carbocycles. The number of likely N-dealkylation sites (N-methyl/N-ethyl adjacent to an activating group) is 1. The molecular formula is C12H20N4. The number of piperazine rings is 1. The molecule has 1 aliphatic heterocycles. The molecule has 0 spiro atoms. The standard InChI is InChI=1S/C12H20N4/c1-10(13)11-3-4-14-12(9-11)16-7-5-15(2)6-8-16/h3-4,9-10H,5-8,13H2,1-2H3/t10-/m0/s1. The third-order valence-corrected chi connectivity index (χ3v) is 3.12. The van der Waals surface area contributed by atoms with Gasteiger partial charge in [-0.15, -0.1) is 0 Å². The van der Waals surface area contributed by atoms with Crippen LogP contribution in [0.25, 0.3) is 0 Å². The maximum Gasteiger partial charge on any atom is 0.128 e. The van der Waals surface area contributed by atoms with Gasteiger partial charge in [-0.3, -0.25) is 0 Å². The van der Waals surface area contributed by atoms with Gasteiger partial charge in [0, 0.05) is 38.4 Å². The van der Waals surface area contributed by atoms with Crippen molar-refractivity contribution in [2.45, 2.75) is 13.0 Å². The molecule has 0 aliphatic carbocycles. The topological polar surface area (TPSA) is 45.4 Å². The van der Waals surface area contributed by atoms with Crippen LogP contribution in [-0.4, -0.2) is 43.1 Å². The molecule has 1 saturated heterocycles. The summed E-state index contributed by atoms with van der Waals surface area (Å²) in [6, 6.07) is 4.18. The Hall–Kier alpha value is -1.13. The SMILES string of the molecule is C[C@H](N)c1ccnc(N2CCN(C)CC2)c1. The Morgan fingerprint density at radius 1 is 1.31 bits per heavy atom. The summed E-state index contributed by atoms with van der Waals surface area (Å²) in [5.74, 6) is 1.06. The van der Waals surface area contributed by atoms with Crippen molar-refractivity contribution >= 4 is 5.82 Å². The van der Waals surface area contributed by atoms with E-state index in [9.17, 15) is 0 Å². The first kappa shape index (κ1) is 11.4. The van der Waals surface area contributed by atoms with Crippen LogP contribution >= 0.6 is 0 Å². The van der Waals surface area contributed by atoms with Crippen LogP contribution in [0.5, 0.6) is 0 Å². The molecule has 1 fully saturated rings. The Balaban J connectivity index is 2.11. The van der Waals surface area contributed by atoms with Crippen molar-refractivity contribution in [3.05, 3.63) is 23.9 Å². The van der Waals surface area contributed by atoms with Gasteiger partial charge in [0.15, 0.2) is 0 Å². The number of pyridine rings is 1. The van der Waals surface area contributed by atoms with Gasteiger partial charge in [0.1, 0.15) is 5.82 Å². The summed E-state index contributed by atoms with van der Waals surface area (Å²) in [7, 11) is 2.16. The number of anilines is 1. The summed E-state index contributed by atoms with van der Waals surface area (Å²) < 4.78 is 0. The summed E-state index contributed by atoms with van der Waals surface area (Å²) in [6.07, 6.45) is 1.85. The maximum atomic E-state index is 5.88. The van der Waals surface area contributed by atoms with E-state index in [1.54, 1.807) is 0 Å². The van der Waals surface area contributed by atoms with E-state index >= 15 is 0 Å². The molecule has 0 bridgehead atoms. The Bertz CT molecular complexity index is 343. The number of hydrogen-bond acceptors (Lipinski definition) is 4. The van der Waals surface area contributed by atoms with Crippen LogP contribution in [0, 0.1) is 0 Å². The van der Waals surface area contributed by atoms with E-state index in [-0.39, 0.29) is 6.04 Å². The van der Waals surface area contributed by atoms with Crippen LogP contribution in [0.2, 0.25) is 0 Å². The minimum atomic E-state index is 0.0780. The zero-order valence-electron chi connectivity index (χ0n) is 10.1. The van der Waals surface area contributed by atoms with Gasteiger partial charge in [0.05, 0.1) is 0 Å². The lowest BCUT2D eigenvalue weighted by Crippen LogP contribution is -2.44. The first-order valence-electron chi connectivity index (χ1n) is 5.82. The molecule has 88 valence electrons. The second-order valence-corrected chi connectivity index (χ2v) is 4.53. The molecule has 0 saturated carbocycles. The van der Waals surface area contributed by atoms with Gasteiger partial charge in [0.2, 0.25) is 0 Å². The van der Waals surface area contributed by atoms with Crippen molar-refractivity contribution in [2.24, 2.45) is 5.73 Å². The van der Waals surface area contributed by atoms with Crippen LogP contribution in [0.4, 0.5) is 5.82 Å². The molecule has 1 aromatic heterocycles. The zero-order valence-corrected chi connectivity index (χ0v) is 10.1. The molecular weight excluding hydrogens is 200 g/mol. The normalized spacial score (nSPS) is 19.8. The zero-order chi connectivity index (χ0) is 11.5. The Labute approximate surface area is 97.1 Å². The van der Waals surface area contributed by atoms with Crippen LogP contribution in [-0.2, 0) is 0 Å². The Morgan fingerprint density at radius 3 is 2.62 bits per heavy atom. The van der Waals surface area contributed by atoms with Crippen molar-refractivity contribution in [2.75, 3.05) is 38.1 Å². The number of aromatic nitrogens is 1. The fourth-order valence-electron chi connectivity index (χ4n) is 1.93. The van der Waals surface area contributed by atoms with E-state index < -0.39 is 0 Å². The van der Waals surface area contributed by atoms with Gasteiger partial charge >= 0.3 is 0 Å². The third-order valence-electron chi connectivity index (χ3n) is 3.12. The molecule has 2 N–H and O–H groups in total. The quantitative estimate of drug-likeness (QED) is 0.802. The fourth-order valence-corrected chi connectivity index (χ4v) is 1.93. The molecule has 0 amide bonds. The van der Waals surface area contributed by atoms with Crippen molar-refractivity contribution in [1.29, 1.82) is 0 Å². The maximum absolute atomic E-state index is 5.88. The number of hydrogen-bond donors (Lipinski definition) is 1. The molecule has 0 unspecified atom stereocenters. The Kier molecular flexibility index (Phi) is 3.41. The number of nitrogens with zero attached hydrogens (tertiary/aromatic N) is 3. The van der Waals surface area contributed by atoms with Gasteiger partial charge < -0.3 is 15.5 Å². The fraction of sp³-hybridized carbons (Fsp3) is 0.583. The van der Waals surface area contributed by atoms with E-state index in [4.69, 9.17) is 5.73 Å². The monoisotopic (exact) mass is 220 g/mol.